The Balaban J connectivity index is 2.33. The lowest BCUT2D eigenvalue weighted by Gasteiger charge is -2.19. The van der Waals surface area contributed by atoms with E-state index in [1.807, 2.05) is 18.3 Å². The van der Waals surface area contributed by atoms with Gasteiger partial charge in [0.25, 0.3) is 0 Å². The molecule has 2 rings (SSSR count). The summed E-state index contributed by atoms with van der Waals surface area (Å²) in [5.41, 5.74) is 7.82. The number of hydrogen-bond acceptors (Lipinski definition) is 3. The van der Waals surface area contributed by atoms with Crippen molar-refractivity contribution in [2.24, 2.45) is 5.73 Å². The number of rotatable bonds is 3. The molecule has 80 valence electrons. The van der Waals surface area contributed by atoms with Crippen molar-refractivity contribution in [1.29, 1.82) is 0 Å². The molecule has 3 N–H and O–H groups in total. The summed E-state index contributed by atoms with van der Waals surface area (Å²) >= 11 is 1.65. The molecule has 0 aromatic carbocycles. The van der Waals surface area contributed by atoms with Gasteiger partial charge in [0.1, 0.15) is 5.01 Å². The molecule has 0 atom stereocenters. The van der Waals surface area contributed by atoms with Gasteiger partial charge in [-0.3, -0.25) is 0 Å². The average Bonchev–Trinajstić information content (AvgIpc) is 2.88. The molecule has 0 fully saturated rings. The second-order valence-corrected chi connectivity index (χ2v) is 5.07. The fourth-order valence-corrected chi connectivity index (χ4v) is 2.28. The lowest BCUT2D eigenvalue weighted by atomic mass is 9.90. The number of aromatic amines is 1. The summed E-state index contributed by atoms with van der Waals surface area (Å²) < 4.78 is 0. The number of nitrogens with zero attached hydrogens (tertiary/aromatic N) is 1. The predicted molar refractivity (Wildman–Crippen MR) is 64.0 cm³/mol. The van der Waals surface area contributed by atoms with Gasteiger partial charge in [-0.2, -0.15) is 0 Å². The average molecular weight is 221 g/mol. The molecule has 0 saturated heterocycles. The van der Waals surface area contributed by atoms with E-state index >= 15 is 0 Å². The van der Waals surface area contributed by atoms with Crippen molar-refractivity contribution in [3.63, 3.8) is 0 Å². The topological polar surface area (TPSA) is 54.7 Å². The van der Waals surface area contributed by atoms with Gasteiger partial charge in [0.2, 0.25) is 0 Å². The van der Waals surface area contributed by atoms with E-state index < -0.39 is 0 Å². The van der Waals surface area contributed by atoms with Crippen molar-refractivity contribution in [3.05, 3.63) is 29.4 Å². The highest BCUT2D eigenvalue weighted by Gasteiger charge is 2.22. The van der Waals surface area contributed by atoms with Gasteiger partial charge < -0.3 is 10.7 Å². The zero-order valence-corrected chi connectivity index (χ0v) is 9.77. The quantitative estimate of drug-likeness (QED) is 0.836. The molecule has 0 aliphatic rings. The number of thiazole rings is 1. The summed E-state index contributed by atoms with van der Waals surface area (Å²) in [6, 6.07) is 4.00. The predicted octanol–water partition coefficient (Wildman–Crippen LogP) is 2.37. The van der Waals surface area contributed by atoms with Crippen LogP contribution in [-0.2, 0) is 5.41 Å². The third-order valence-corrected chi connectivity index (χ3v) is 3.41. The largest absolute Gasteiger partial charge is 0.359 e. The highest BCUT2D eigenvalue weighted by Crippen LogP contribution is 2.28. The van der Waals surface area contributed by atoms with Crippen molar-refractivity contribution in [1.82, 2.24) is 9.97 Å². The first-order chi connectivity index (χ1) is 7.13. The van der Waals surface area contributed by atoms with Gasteiger partial charge in [-0.05, 0) is 12.1 Å². The zero-order chi connectivity index (χ0) is 10.9. The summed E-state index contributed by atoms with van der Waals surface area (Å²) in [6.45, 7) is 4.84. The minimum absolute atomic E-state index is 0.0403. The molecule has 0 radical (unpaired) electrons. The smallest absolute Gasteiger partial charge is 0.139 e. The summed E-state index contributed by atoms with van der Waals surface area (Å²) in [5.74, 6) is 0. The highest BCUT2D eigenvalue weighted by molar-refractivity contribution is 7.13. The molecule has 3 nitrogen and oxygen atoms in total. The Bertz CT molecular complexity index is 428. The summed E-state index contributed by atoms with van der Waals surface area (Å²) in [6.07, 6.45) is 1.91. The third-order valence-electron chi connectivity index (χ3n) is 2.54. The Labute approximate surface area is 93.4 Å². The van der Waals surface area contributed by atoms with Gasteiger partial charge in [-0.15, -0.1) is 11.3 Å². The summed E-state index contributed by atoms with van der Waals surface area (Å²) in [5, 5.41) is 3.11. The molecular weight excluding hydrogens is 206 g/mol. The molecule has 0 bridgehead atoms. The van der Waals surface area contributed by atoms with E-state index in [1.54, 1.807) is 11.3 Å². The fourth-order valence-electron chi connectivity index (χ4n) is 1.28. The Morgan fingerprint density at radius 3 is 2.93 bits per heavy atom. The van der Waals surface area contributed by atoms with Crippen LogP contribution in [0.15, 0.2) is 23.7 Å². The number of hydrogen-bond donors (Lipinski definition) is 2. The minimum atomic E-state index is -0.0403. The van der Waals surface area contributed by atoms with Crippen LogP contribution in [0.3, 0.4) is 0 Å². The van der Waals surface area contributed by atoms with Gasteiger partial charge in [-0.1, -0.05) is 13.8 Å². The van der Waals surface area contributed by atoms with Crippen LogP contribution < -0.4 is 5.73 Å². The second-order valence-electron chi connectivity index (χ2n) is 4.21. The highest BCUT2D eigenvalue weighted by atomic mass is 32.1. The van der Waals surface area contributed by atoms with Crippen LogP contribution >= 0.6 is 11.3 Å². The lowest BCUT2D eigenvalue weighted by molar-refractivity contribution is 0.525. The molecule has 0 spiro atoms. The van der Waals surface area contributed by atoms with E-state index in [2.05, 4.69) is 29.2 Å². The molecule has 0 aliphatic heterocycles. The Hall–Kier alpha value is -1.13. The van der Waals surface area contributed by atoms with Crippen molar-refractivity contribution in [2.45, 2.75) is 19.3 Å². The lowest BCUT2D eigenvalue weighted by Crippen LogP contribution is -2.28. The second kappa shape index (κ2) is 3.79. The van der Waals surface area contributed by atoms with E-state index in [-0.39, 0.29) is 5.41 Å². The third kappa shape index (κ3) is 1.96. The Morgan fingerprint density at radius 1 is 1.53 bits per heavy atom. The summed E-state index contributed by atoms with van der Waals surface area (Å²) in [7, 11) is 0. The Morgan fingerprint density at radius 2 is 2.33 bits per heavy atom. The molecular formula is C11H15N3S. The Kier molecular flexibility index (Phi) is 2.63. The van der Waals surface area contributed by atoms with Gasteiger partial charge in [0.15, 0.2) is 0 Å². The van der Waals surface area contributed by atoms with Crippen molar-refractivity contribution in [3.8, 4) is 10.7 Å². The maximum Gasteiger partial charge on any atom is 0.139 e. The first-order valence-corrected chi connectivity index (χ1v) is 5.81. The van der Waals surface area contributed by atoms with E-state index in [0.717, 1.165) is 16.4 Å². The van der Waals surface area contributed by atoms with Gasteiger partial charge >= 0.3 is 0 Å². The maximum absolute atomic E-state index is 5.72. The van der Waals surface area contributed by atoms with Gasteiger partial charge in [-0.25, -0.2) is 4.98 Å². The number of aromatic nitrogens is 2. The number of H-pyrrole nitrogens is 1. The number of nitrogens with one attached hydrogen (secondary N) is 1. The SMILES string of the molecule is CC(C)(CN)c1csc(-c2ccc[nH]2)n1. The van der Waals surface area contributed by atoms with Gasteiger partial charge in [0.05, 0.1) is 11.4 Å². The first-order valence-electron chi connectivity index (χ1n) is 4.93. The van der Waals surface area contributed by atoms with Crippen LogP contribution in [0.2, 0.25) is 0 Å². The monoisotopic (exact) mass is 221 g/mol. The van der Waals surface area contributed by atoms with Crippen molar-refractivity contribution < 1.29 is 0 Å². The maximum atomic E-state index is 5.72. The van der Waals surface area contributed by atoms with Crippen LogP contribution in [0.5, 0.6) is 0 Å². The normalized spacial score (nSPS) is 11.9. The zero-order valence-electron chi connectivity index (χ0n) is 8.95. The molecule has 2 aromatic heterocycles. The van der Waals surface area contributed by atoms with E-state index in [0.29, 0.717) is 6.54 Å². The first kappa shape index (κ1) is 10.4. The van der Waals surface area contributed by atoms with Crippen LogP contribution in [0.4, 0.5) is 0 Å². The van der Waals surface area contributed by atoms with Gasteiger partial charge in [0, 0.05) is 23.5 Å². The van der Waals surface area contributed by atoms with E-state index in [9.17, 15) is 0 Å². The molecule has 4 heteroatoms. The minimum Gasteiger partial charge on any atom is -0.359 e. The van der Waals surface area contributed by atoms with E-state index in [1.165, 1.54) is 0 Å². The van der Waals surface area contributed by atoms with Crippen LogP contribution in [0.25, 0.3) is 10.7 Å². The summed E-state index contributed by atoms with van der Waals surface area (Å²) in [4.78, 5) is 7.76. The van der Waals surface area contributed by atoms with Crippen molar-refractivity contribution in [2.75, 3.05) is 6.54 Å². The van der Waals surface area contributed by atoms with Crippen LogP contribution in [0, 0.1) is 0 Å². The molecule has 2 heterocycles. The van der Waals surface area contributed by atoms with Crippen molar-refractivity contribution >= 4 is 11.3 Å². The van der Waals surface area contributed by atoms with E-state index in [4.69, 9.17) is 5.73 Å². The standard InChI is InChI=1S/C11H15N3S/c1-11(2,7-12)9-6-15-10(14-9)8-4-3-5-13-8/h3-6,13H,7,12H2,1-2H3. The van der Waals surface area contributed by atoms with Crippen LogP contribution in [0.1, 0.15) is 19.5 Å². The molecule has 0 aliphatic carbocycles. The molecule has 0 amide bonds. The molecule has 0 unspecified atom stereocenters. The van der Waals surface area contributed by atoms with Crippen LogP contribution in [-0.4, -0.2) is 16.5 Å². The molecule has 15 heavy (non-hydrogen) atoms. The molecule has 0 saturated carbocycles. The fraction of sp³-hybridized carbons (Fsp3) is 0.364. The number of nitrogens with two attached hydrogens (primary N) is 1. The molecule has 2 aromatic rings.